The molecular formula is C28H43N7O7S. The number of nitrogens with one attached hydrogen (secondary N) is 3. The van der Waals surface area contributed by atoms with Crippen molar-refractivity contribution in [2.45, 2.75) is 114 Å². The molecule has 2 aliphatic heterocycles. The summed E-state index contributed by atoms with van der Waals surface area (Å²) in [6, 6.07) is -2.37. The number of amides is 4. The zero-order valence-corrected chi connectivity index (χ0v) is 26.1. The lowest BCUT2D eigenvalue weighted by atomic mass is 9.85. The third-order valence-corrected chi connectivity index (χ3v) is 10.8. The fourth-order valence-corrected chi connectivity index (χ4v) is 7.49. The molecule has 2 aliphatic carbocycles. The second-order valence-electron chi connectivity index (χ2n) is 13.4. The molecule has 0 radical (unpaired) electrons. The number of fused-ring (bicyclic) bond motifs is 5. The van der Waals surface area contributed by atoms with Crippen molar-refractivity contribution in [3.8, 4) is 0 Å². The molecule has 1 aromatic rings. The van der Waals surface area contributed by atoms with E-state index in [4.69, 9.17) is 4.74 Å². The molecule has 1 saturated heterocycles. The van der Waals surface area contributed by atoms with Gasteiger partial charge >= 0.3 is 6.09 Å². The Morgan fingerprint density at radius 2 is 1.93 bits per heavy atom. The highest BCUT2D eigenvalue weighted by atomic mass is 32.2. The van der Waals surface area contributed by atoms with Crippen LogP contribution < -0.4 is 15.4 Å². The highest BCUT2D eigenvalue weighted by Crippen LogP contribution is 2.47. The summed E-state index contributed by atoms with van der Waals surface area (Å²) in [5, 5.41) is 13.6. The van der Waals surface area contributed by atoms with Crippen LogP contribution in [0.4, 0.5) is 4.79 Å². The van der Waals surface area contributed by atoms with E-state index in [0.29, 0.717) is 38.5 Å². The van der Waals surface area contributed by atoms with Gasteiger partial charge in [-0.3, -0.25) is 19.1 Å². The molecule has 14 nitrogen and oxygen atoms in total. The predicted molar refractivity (Wildman–Crippen MR) is 154 cm³/mol. The minimum atomic E-state index is -3.81. The molecule has 4 aliphatic rings. The van der Waals surface area contributed by atoms with Gasteiger partial charge in [0.15, 0.2) is 0 Å². The van der Waals surface area contributed by atoms with E-state index in [9.17, 15) is 27.6 Å². The van der Waals surface area contributed by atoms with E-state index >= 15 is 0 Å². The van der Waals surface area contributed by atoms with Gasteiger partial charge in [0.05, 0.1) is 23.6 Å². The fraction of sp³-hybridized carbons (Fsp3) is 0.786. The molecule has 3 fully saturated rings. The number of carbonyl (C=O) groups is 4. The molecule has 0 spiro atoms. The molecule has 2 saturated carbocycles. The van der Waals surface area contributed by atoms with Crippen molar-refractivity contribution < 1.29 is 32.3 Å². The van der Waals surface area contributed by atoms with Crippen LogP contribution in [-0.2, 0) is 35.6 Å². The average molecular weight is 622 g/mol. The largest absolute Gasteiger partial charge is 0.450 e. The van der Waals surface area contributed by atoms with Crippen LogP contribution in [-0.4, -0.2) is 88.2 Å². The van der Waals surface area contributed by atoms with E-state index in [1.165, 1.54) is 4.90 Å². The maximum Gasteiger partial charge on any atom is 0.407 e. The van der Waals surface area contributed by atoms with Crippen LogP contribution in [0.15, 0.2) is 6.20 Å². The number of nitrogens with zero attached hydrogens (tertiary/aromatic N) is 4. The quantitative estimate of drug-likeness (QED) is 0.420. The Hall–Kier alpha value is -3.23. The summed E-state index contributed by atoms with van der Waals surface area (Å²) in [5.41, 5.74) is -1.30. The summed E-state index contributed by atoms with van der Waals surface area (Å²) in [7, 11) is -3.81. The van der Waals surface area contributed by atoms with E-state index < -0.39 is 62.1 Å². The number of hydrogen-bond donors (Lipinski definition) is 3. The SMILES string of the molecule is CC[C@@H]1C[C@]1(NC(=O)[C@@H]1CC2CN1C(=O)[C@H](C(C)(C)C)NC(=O)OCCCCCc1cn2nn1)C(=O)NS(=O)(=O)C1CC1. The van der Waals surface area contributed by atoms with Crippen LogP contribution in [0.3, 0.4) is 0 Å². The van der Waals surface area contributed by atoms with Gasteiger partial charge in [-0.05, 0) is 56.3 Å². The van der Waals surface area contributed by atoms with Gasteiger partial charge in [0.2, 0.25) is 21.8 Å². The van der Waals surface area contributed by atoms with E-state index in [1.807, 2.05) is 33.9 Å². The summed E-state index contributed by atoms with van der Waals surface area (Å²) in [5.74, 6) is -2.00. The van der Waals surface area contributed by atoms with Gasteiger partial charge in [-0.15, -0.1) is 5.10 Å². The van der Waals surface area contributed by atoms with Gasteiger partial charge in [0.25, 0.3) is 5.91 Å². The topological polar surface area (TPSA) is 182 Å². The minimum absolute atomic E-state index is 0.134. The normalized spacial score (nSPS) is 30.3. The Morgan fingerprint density at radius 1 is 1.19 bits per heavy atom. The fourth-order valence-electron chi connectivity index (χ4n) is 6.12. The molecule has 5 rings (SSSR count). The van der Waals surface area contributed by atoms with Crippen LogP contribution in [0.1, 0.15) is 90.8 Å². The first-order valence-electron chi connectivity index (χ1n) is 15.3. The van der Waals surface area contributed by atoms with Crippen molar-refractivity contribution in [2.75, 3.05) is 13.2 Å². The van der Waals surface area contributed by atoms with Crippen molar-refractivity contribution in [3.63, 3.8) is 0 Å². The number of rotatable bonds is 6. The summed E-state index contributed by atoms with van der Waals surface area (Å²) in [6.07, 6.45) is 6.24. The van der Waals surface area contributed by atoms with Crippen molar-refractivity contribution in [1.29, 1.82) is 0 Å². The van der Waals surface area contributed by atoms with Gasteiger partial charge in [-0.1, -0.05) is 39.3 Å². The zero-order chi connectivity index (χ0) is 31.2. The molecule has 15 heteroatoms. The number of hydrogen-bond acceptors (Lipinski definition) is 9. The maximum atomic E-state index is 14.1. The van der Waals surface area contributed by atoms with Gasteiger partial charge < -0.3 is 20.3 Å². The van der Waals surface area contributed by atoms with E-state index in [1.54, 1.807) is 4.68 Å². The predicted octanol–water partition coefficient (Wildman–Crippen LogP) is 1.18. The molecule has 4 bridgehead atoms. The second kappa shape index (κ2) is 11.7. The van der Waals surface area contributed by atoms with Gasteiger partial charge in [-0.25, -0.2) is 17.9 Å². The highest BCUT2D eigenvalue weighted by molar-refractivity contribution is 7.91. The number of carbonyl (C=O) groups excluding carboxylic acids is 4. The molecule has 3 N–H and O–H groups in total. The van der Waals surface area contributed by atoms with Gasteiger partial charge in [0.1, 0.15) is 17.6 Å². The lowest BCUT2D eigenvalue weighted by Gasteiger charge is -2.35. The van der Waals surface area contributed by atoms with Gasteiger partial charge in [0, 0.05) is 19.2 Å². The first kappa shape index (κ1) is 31.2. The van der Waals surface area contributed by atoms with Crippen molar-refractivity contribution >= 4 is 33.8 Å². The van der Waals surface area contributed by atoms with Crippen LogP contribution in [0, 0.1) is 11.3 Å². The molecule has 1 unspecified atom stereocenters. The Balaban J connectivity index is 1.43. The summed E-state index contributed by atoms with van der Waals surface area (Å²) < 4.78 is 34.3. The highest BCUT2D eigenvalue weighted by Gasteiger charge is 2.62. The monoisotopic (exact) mass is 621 g/mol. The number of aryl methyl sites for hydroxylation is 1. The first-order valence-corrected chi connectivity index (χ1v) is 16.8. The second-order valence-corrected chi connectivity index (χ2v) is 15.4. The third-order valence-electron chi connectivity index (χ3n) is 9.03. The van der Waals surface area contributed by atoms with E-state index in [0.717, 1.165) is 18.5 Å². The maximum absolute atomic E-state index is 14.1. The van der Waals surface area contributed by atoms with Crippen LogP contribution in [0.25, 0.3) is 0 Å². The van der Waals surface area contributed by atoms with Gasteiger partial charge in [-0.2, -0.15) is 0 Å². The number of cyclic esters (lactones) is 1. The van der Waals surface area contributed by atoms with E-state index in [2.05, 4.69) is 25.7 Å². The molecular weight excluding hydrogens is 578 g/mol. The number of ether oxygens (including phenoxy) is 1. The lowest BCUT2D eigenvalue weighted by molar-refractivity contribution is -0.142. The van der Waals surface area contributed by atoms with E-state index in [-0.39, 0.29) is 31.5 Å². The summed E-state index contributed by atoms with van der Waals surface area (Å²) >= 11 is 0. The molecule has 0 aromatic carbocycles. The molecule has 4 amide bonds. The smallest absolute Gasteiger partial charge is 0.407 e. The number of sulfonamides is 1. The van der Waals surface area contributed by atoms with Crippen LogP contribution in [0.5, 0.6) is 0 Å². The lowest BCUT2D eigenvalue weighted by Crippen LogP contribution is -2.60. The summed E-state index contributed by atoms with van der Waals surface area (Å²) in [4.78, 5) is 55.6. The average Bonchev–Trinajstić information content (AvgIpc) is 3.81. The molecule has 3 heterocycles. The standard InChI is InChI=1S/C28H43N7O7S/c1-5-17-14-28(17,25(38)32-43(40,41)20-10-11-20)30-23(36)21-13-19-16-34(21)24(37)22(27(2,3)4)29-26(39)42-12-8-6-7-9-18-15-35(19)33-31-18/h15,17,19-22H,5-14,16H2,1-4H3,(H,29,39)(H,30,36)(H,32,38)/t17-,19?,21+,22-,28-/m1/s1. The van der Waals surface area contributed by atoms with Crippen LogP contribution in [0.2, 0.25) is 0 Å². The van der Waals surface area contributed by atoms with Crippen molar-refractivity contribution in [3.05, 3.63) is 11.9 Å². The Labute approximate surface area is 252 Å². The van der Waals surface area contributed by atoms with Crippen molar-refractivity contribution in [1.82, 2.24) is 35.2 Å². The van der Waals surface area contributed by atoms with Crippen molar-refractivity contribution in [2.24, 2.45) is 11.3 Å². The summed E-state index contributed by atoms with van der Waals surface area (Å²) in [6.45, 7) is 7.67. The minimum Gasteiger partial charge on any atom is -0.450 e. The van der Waals surface area contributed by atoms with Crippen LogP contribution >= 0.6 is 0 Å². The molecule has 1 aromatic heterocycles. The Bertz CT molecular complexity index is 1370. The Kier molecular flexibility index (Phi) is 8.49. The number of aromatic nitrogens is 3. The third kappa shape index (κ3) is 6.65. The number of alkyl carbamates (subject to hydrolysis) is 1. The Morgan fingerprint density at radius 3 is 2.58 bits per heavy atom. The zero-order valence-electron chi connectivity index (χ0n) is 25.3. The molecule has 5 atom stereocenters. The molecule has 238 valence electrons. The first-order chi connectivity index (χ1) is 20.2. The molecule has 43 heavy (non-hydrogen) atoms.